The number of carbonyl (C=O) groups is 1. The Balaban J connectivity index is 2.82. The summed E-state index contributed by atoms with van der Waals surface area (Å²) in [4.78, 5) is 13.5. The van der Waals surface area contributed by atoms with Crippen LogP contribution in [-0.2, 0) is 4.79 Å². The quantitative estimate of drug-likeness (QED) is 0.830. The standard InChI is InChI=1S/C14H21FN2O2/c1-4-16-14(19)9-17(5-2)10(3)12-7-6-11(18)8-13(12)15/h6-8,10,18H,4-5,9H2,1-3H3,(H,16,19). The van der Waals surface area contributed by atoms with Gasteiger partial charge in [-0.25, -0.2) is 4.39 Å². The molecule has 0 bridgehead atoms. The fraction of sp³-hybridized carbons (Fsp3) is 0.500. The number of halogens is 1. The Hall–Kier alpha value is -1.62. The molecule has 0 aliphatic carbocycles. The molecule has 0 fully saturated rings. The summed E-state index contributed by atoms with van der Waals surface area (Å²) in [5.41, 5.74) is 0.476. The predicted octanol–water partition coefficient (Wildman–Crippen LogP) is 2.05. The highest BCUT2D eigenvalue weighted by Crippen LogP contribution is 2.25. The minimum atomic E-state index is -0.457. The number of amides is 1. The molecule has 0 saturated heterocycles. The van der Waals surface area contributed by atoms with Crippen molar-refractivity contribution in [3.63, 3.8) is 0 Å². The zero-order valence-electron chi connectivity index (χ0n) is 11.6. The molecule has 106 valence electrons. The van der Waals surface area contributed by atoms with Crippen molar-refractivity contribution >= 4 is 5.91 Å². The molecule has 1 unspecified atom stereocenters. The van der Waals surface area contributed by atoms with E-state index in [-0.39, 0.29) is 24.2 Å². The van der Waals surface area contributed by atoms with E-state index in [1.807, 2.05) is 25.7 Å². The summed E-state index contributed by atoms with van der Waals surface area (Å²) in [7, 11) is 0. The zero-order chi connectivity index (χ0) is 14.4. The second-order valence-electron chi connectivity index (χ2n) is 4.40. The molecule has 1 rings (SSSR count). The van der Waals surface area contributed by atoms with Gasteiger partial charge in [0.2, 0.25) is 5.91 Å². The molecule has 0 spiro atoms. The van der Waals surface area contributed by atoms with Crippen LogP contribution in [0.25, 0.3) is 0 Å². The minimum Gasteiger partial charge on any atom is -0.508 e. The van der Waals surface area contributed by atoms with Crippen LogP contribution in [0.5, 0.6) is 5.75 Å². The van der Waals surface area contributed by atoms with E-state index in [4.69, 9.17) is 0 Å². The van der Waals surface area contributed by atoms with Crippen molar-refractivity contribution in [2.24, 2.45) is 0 Å². The molecule has 5 heteroatoms. The molecular weight excluding hydrogens is 247 g/mol. The maximum atomic E-state index is 13.8. The summed E-state index contributed by atoms with van der Waals surface area (Å²) >= 11 is 0. The van der Waals surface area contributed by atoms with Crippen LogP contribution in [-0.4, -0.2) is 35.5 Å². The minimum absolute atomic E-state index is 0.0737. The second kappa shape index (κ2) is 7.09. The Kier molecular flexibility index (Phi) is 5.76. The topological polar surface area (TPSA) is 52.6 Å². The number of phenolic OH excluding ortho intramolecular Hbond substituents is 1. The third kappa shape index (κ3) is 4.21. The van der Waals surface area contributed by atoms with Crippen LogP contribution < -0.4 is 5.32 Å². The maximum Gasteiger partial charge on any atom is 0.234 e. The number of phenols is 1. The van der Waals surface area contributed by atoms with E-state index in [1.165, 1.54) is 6.07 Å². The predicted molar refractivity (Wildman–Crippen MR) is 72.4 cm³/mol. The lowest BCUT2D eigenvalue weighted by molar-refractivity contribution is -0.122. The molecule has 1 aromatic carbocycles. The molecule has 0 heterocycles. The Morgan fingerprint density at radius 3 is 2.68 bits per heavy atom. The Morgan fingerprint density at radius 2 is 2.16 bits per heavy atom. The van der Waals surface area contributed by atoms with Gasteiger partial charge in [0.05, 0.1) is 6.54 Å². The lowest BCUT2D eigenvalue weighted by Crippen LogP contribution is -2.38. The number of hydrogen-bond acceptors (Lipinski definition) is 3. The van der Waals surface area contributed by atoms with E-state index in [9.17, 15) is 14.3 Å². The van der Waals surface area contributed by atoms with Gasteiger partial charge in [-0.3, -0.25) is 9.69 Å². The number of benzene rings is 1. The van der Waals surface area contributed by atoms with Gasteiger partial charge >= 0.3 is 0 Å². The molecule has 1 atom stereocenters. The first kappa shape index (κ1) is 15.4. The molecule has 0 saturated carbocycles. The van der Waals surface area contributed by atoms with Gasteiger partial charge in [0.25, 0.3) is 0 Å². The number of hydrogen-bond donors (Lipinski definition) is 2. The zero-order valence-corrected chi connectivity index (χ0v) is 11.6. The van der Waals surface area contributed by atoms with E-state index < -0.39 is 5.82 Å². The van der Waals surface area contributed by atoms with Gasteiger partial charge in [0.1, 0.15) is 11.6 Å². The van der Waals surface area contributed by atoms with Crippen molar-refractivity contribution in [3.05, 3.63) is 29.6 Å². The van der Waals surface area contributed by atoms with E-state index in [0.717, 1.165) is 6.07 Å². The van der Waals surface area contributed by atoms with Crippen LogP contribution in [0, 0.1) is 5.82 Å². The number of likely N-dealkylation sites (N-methyl/N-ethyl adjacent to an activating group) is 2. The SMILES string of the molecule is CCNC(=O)CN(CC)C(C)c1ccc(O)cc1F. The lowest BCUT2D eigenvalue weighted by Gasteiger charge is -2.27. The summed E-state index contributed by atoms with van der Waals surface area (Å²) in [6.45, 7) is 7.08. The van der Waals surface area contributed by atoms with Gasteiger partial charge < -0.3 is 10.4 Å². The van der Waals surface area contributed by atoms with Gasteiger partial charge in [0, 0.05) is 24.2 Å². The van der Waals surface area contributed by atoms with E-state index in [0.29, 0.717) is 18.7 Å². The molecule has 0 aromatic heterocycles. The van der Waals surface area contributed by atoms with Gasteiger partial charge in [-0.05, 0) is 26.5 Å². The first-order valence-corrected chi connectivity index (χ1v) is 6.48. The van der Waals surface area contributed by atoms with Crippen LogP contribution in [0.3, 0.4) is 0 Å². The molecule has 0 radical (unpaired) electrons. The summed E-state index contributed by atoms with van der Waals surface area (Å²) in [6, 6.07) is 3.87. The van der Waals surface area contributed by atoms with E-state index in [1.54, 1.807) is 6.07 Å². The van der Waals surface area contributed by atoms with Gasteiger partial charge in [-0.2, -0.15) is 0 Å². The highest BCUT2D eigenvalue weighted by atomic mass is 19.1. The molecule has 2 N–H and O–H groups in total. The smallest absolute Gasteiger partial charge is 0.234 e. The van der Waals surface area contributed by atoms with E-state index in [2.05, 4.69) is 5.32 Å². The number of nitrogens with one attached hydrogen (secondary N) is 1. The average molecular weight is 268 g/mol. The third-order valence-corrected chi connectivity index (χ3v) is 3.11. The van der Waals surface area contributed by atoms with Crippen LogP contribution in [0.15, 0.2) is 18.2 Å². The molecule has 1 amide bonds. The lowest BCUT2D eigenvalue weighted by atomic mass is 10.1. The average Bonchev–Trinajstić information content (AvgIpc) is 2.35. The highest BCUT2D eigenvalue weighted by Gasteiger charge is 2.19. The highest BCUT2D eigenvalue weighted by molar-refractivity contribution is 5.78. The van der Waals surface area contributed by atoms with Gasteiger partial charge in [0.15, 0.2) is 0 Å². The van der Waals surface area contributed by atoms with Crippen LogP contribution in [0.1, 0.15) is 32.4 Å². The summed E-state index contributed by atoms with van der Waals surface area (Å²) in [6.07, 6.45) is 0. The molecule has 0 aliphatic rings. The van der Waals surface area contributed by atoms with Crippen molar-refractivity contribution in [2.75, 3.05) is 19.6 Å². The Bertz CT molecular complexity index is 437. The second-order valence-corrected chi connectivity index (χ2v) is 4.40. The largest absolute Gasteiger partial charge is 0.508 e. The van der Waals surface area contributed by atoms with Gasteiger partial charge in [-0.1, -0.05) is 13.0 Å². The monoisotopic (exact) mass is 268 g/mol. The molecule has 1 aromatic rings. The maximum absolute atomic E-state index is 13.8. The molecule has 0 aliphatic heterocycles. The van der Waals surface area contributed by atoms with Crippen molar-refractivity contribution < 1.29 is 14.3 Å². The number of rotatable bonds is 6. The summed E-state index contributed by atoms with van der Waals surface area (Å²) < 4.78 is 13.8. The number of carbonyl (C=O) groups excluding carboxylic acids is 1. The van der Waals surface area contributed by atoms with Crippen molar-refractivity contribution in [3.8, 4) is 5.75 Å². The van der Waals surface area contributed by atoms with Crippen molar-refractivity contribution in [1.82, 2.24) is 10.2 Å². The summed E-state index contributed by atoms with van der Waals surface area (Å²) in [5.74, 6) is -0.627. The number of aromatic hydroxyl groups is 1. The fourth-order valence-corrected chi connectivity index (χ4v) is 2.01. The van der Waals surface area contributed by atoms with Crippen molar-refractivity contribution in [2.45, 2.75) is 26.8 Å². The molecule has 4 nitrogen and oxygen atoms in total. The first-order valence-electron chi connectivity index (χ1n) is 6.48. The Morgan fingerprint density at radius 1 is 1.47 bits per heavy atom. The Labute approximate surface area is 113 Å². The van der Waals surface area contributed by atoms with Crippen molar-refractivity contribution in [1.29, 1.82) is 0 Å². The molecular formula is C14H21FN2O2. The van der Waals surface area contributed by atoms with Crippen LogP contribution in [0.2, 0.25) is 0 Å². The van der Waals surface area contributed by atoms with Crippen LogP contribution in [0.4, 0.5) is 4.39 Å². The first-order chi connectivity index (χ1) is 8.99. The van der Waals surface area contributed by atoms with Gasteiger partial charge in [-0.15, -0.1) is 0 Å². The normalized spacial score (nSPS) is 12.5. The van der Waals surface area contributed by atoms with E-state index >= 15 is 0 Å². The summed E-state index contributed by atoms with van der Waals surface area (Å²) in [5, 5.41) is 11.9. The molecule has 19 heavy (non-hydrogen) atoms. The number of nitrogens with zero attached hydrogens (tertiary/aromatic N) is 1. The fourth-order valence-electron chi connectivity index (χ4n) is 2.01. The van der Waals surface area contributed by atoms with Crippen LogP contribution >= 0.6 is 0 Å². The third-order valence-electron chi connectivity index (χ3n) is 3.11.